The van der Waals surface area contributed by atoms with Gasteiger partial charge < -0.3 is 0 Å². The van der Waals surface area contributed by atoms with E-state index in [1.54, 1.807) is 0 Å². The third kappa shape index (κ3) is 17.6. The molecule has 0 amide bonds. The molecule has 0 saturated carbocycles. The Morgan fingerprint density at radius 2 is 1.10 bits per heavy atom. The summed E-state index contributed by atoms with van der Waals surface area (Å²) in [6.45, 7) is 4.71. The van der Waals surface area contributed by atoms with E-state index in [0.29, 0.717) is 6.42 Å². The Balaban J connectivity index is 3.12. The Bertz CT molecular complexity index is 200. The van der Waals surface area contributed by atoms with E-state index in [2.05, 4.69) is 13.8 Å². The van der Waals surface area contributed by atoms with Crippen LogP contribution in [0.15, 0.2) is 0 Å². The van der Waals surface area contributed by atoms with Crippen molar-refractivity contribution >= 4 is 6.29 Å². The maximum Gasteiger partial charge on any atom is 0.198 e. The standard InChI is InChI=1S/C20H39O/c1-3-4-5-6-8-11-14-17-20(2)18-15-12-9-7-10-13-16-19-21/h20H,3-18H2,1-2H3. The van der Waals surface area contributed by atoms with Crippen LogP contribution in [0.1, 0.15) is 117 Å². The first-order valence-corrected chi connectivity index (χ1v) is 9.66. The molecule has 1 nitrogen and oxygen atoms in total. The van der Waals surface area contributed by atoms with E-state index in [1.165, 1.54) is 89.9 Å². The lowest BCUT2D eigenvalue weighted by Gasteiger charge is -2.11. The van der Waals surface area contributed by atoms with Crippen LogP contribution in [0.2, 0.25) is 0 Å². The van der Waals surface area contributed by atoms with E-state index in [0.717, 1.165) is 12.3 Å². The van der Waals surface area contributed by atoms with Crippen molar-refractivity contribution < 1.29 is 4.79 Å². The van der Waals surface area contributed by atoms with E-state index in [4.69, 9.17) is 0 Å². The molecular weight excluding hydrogens is 256 g/mol. The molecule has 0 aliphatic carbocycles. The van der Waals surface area contributed by atoms with Crippen LogP contribution >= 0.6 is 0 Å². The molecule has 1 radical (unpaired) electrons. The van der Waals surface area contributed by atoms with Crippen LogP contribution < -0.4 is 0 Å². The average Bonchev–Trinajstić information content (AvgIpc) is 2.49. The average molecular weight is 296 g/mol. The van der Waals surface area contributed by atoms with E-state index < -0.39 is 0 Å². The molecule has 0 aromatic carbocycles. The highest BCUT2D eigenvalue weighted by atomic mass is 16.1. The molecule has 0 rings (SSSR count). The van der Waals surface area contributed by atoms with Gasteiger partial charge in [0.05, 0.1) is 0 Å². The van der Waals surface area contributed by atoms with Crippen LogP contribution in [0.25, 0.3) is 0 Å². The Morgan fingerprint density at radius 3 is 1.57 bits per heavy atom. The molecule has 0 fully saturated rings. The van der Waals surface area contributed by atoms with E-state index in [9.17, 15) is 4.79 Å². The van der Waals surface area contributed by atoms with Crippen LogP contribution in [0.5, 0.6) is 0 Å². The van der Waals surface area contributed by atoms with Crippen molar-refractivity contribution in [2.75, 3.05) is 0 Å². The first-order valence-electron chi connectivity index (χ1n) is 9.66. The van der Waals surface area contributed by atoms with Crippen LogP contribution in [-0.2, 0) is 4.79 Å². The number of hydrogen-bond donors (Lipinski definition) is 0. The highest BCUT2D eigenvalue weighted by Crippen LogP contribution is 2.18. The predicted molar refractivity (Wildman–Crippen MR) is 94.4 cm³/mol. The second-order valence-corrected chi connectivity index (χ2v) is 6.82. The van der Waals surface area contributed by atoms with Gasteiger partial charge in [0.15, 0.2) is 6.29 Å². The molecular formula is C20H39O. The molecule has 0 saturated heterocycles. The minimum Gasteiger partial charge on any atom is -0.291 e. The summed E-state index contributed by atoms with van der Waals surface area (Å²) in [5, 5.41) is 0. The molecule has 1 atom stereocenters. The zero-order chi connectivity index (χ0) is 15.6. The lowest BCUT2D eigenvalue weighted by Crippen LogP contribution is -1.95. The van der Waals surface area contributed by atoms with Gasteiger partial charge in [0.1, 0.15) is 0 Å². The quantitative estimate of drug-likeness (QED) is 0.264. The van der Waals surface area contributed by atoms with Gasteiger partial charge in [-0.1, -0.05) is 104 Å². The van der Waals surface area contributed by atoms with Crippen molar-refractivity contribution in [3.05, 3.63) is 0 Å². The third-order valence-corrected chi connectivity index (χ3v) is 4.53. The van der Waals surface area contributed by atoms with Crippen molar-refractivity contribution in [2.24, 2.45) is 5.92 Å². The van der Waals surface area contributed by atoms with Gasteiger partial charge in [-0.15, -0.1) is 0 Å². The highest BCUT2D eigenvalue weighted by molar-refractivity contribution is 5.50. The first-order chi connectivity index (χ1) is 10.3. The Labute approximate surface area is 134 Å². The summed E-state index contributed by atoms with van der Waals surface area (Å²) < 4.78 is 0. The van der Waals surface area contributed by atoms with Crippen LogP contribution in [0.3, 0.4) is 0 Å². The summed E-state index contributed by atoms with van der Waals surface area (Å²) >= 11 is 0. The van der Waals surface area contributed by atoms with Gasteiger partial charge in [0.2, 0.25) is 0 Å². The van der Waals surface area contributed by atoms with Gasteiger partial charge in [-0.05, 0) is 12.3 Å². The topological polar surface area (TPSA) is 17.1 Å². The molecule has 1 heteroatoms. The molecule has 0 aliphatic rings. The Kier molecular flexibility index (Phi) is 17.4. The van der Waals surface area contributed by atoms with Crippen molar-refractivity contribution in [1.29, 1.82) is 0 Å². The first kappa shape index (κ1) is 20.7. The molecule has 0 heterocycles. The highest BCUT2D eigenvalue weighted by Gasteiger charge is 2.02. The van der Waals surface area contributed by atoms with Crippen molar-refractivity contribution in [3.8, 4) is 0 Å². The molecule has 0 spiro atoms. The zero-order valence-electron chi connectivity index (χ0n) is 14.8. The maximum absolute atomic E-state index is 10.1. The molecule has 125 valence electrons. The number of hydrogen-bond acceptors (Lipinski definition) is 1. The minimum absolute atomic E-state index is 0.634. The van der Waals surface area contributed by atoms with Crippen molar-refractivity contribution in [2.45, 2.75) is 117 Å². The normalized spacial score (nSPS) is 12.5. The summed E-state index contributed by atoms with van der Waals surface area (Å²) in [7, 11) is 0. The van der Waals surface area contributed by atoms with Gasteiger partial charge in [-0.3, -0.25) is 4.79 Å². The Hall–Kier alpha value is -0.330. The zero-order valence-corrected chi connectivity index (χ0v) is 14.8. The fourth-order valence-corrected chi connectivity index (χ4v) is 2.99. The molecule has 0 aromatic heterocycles. The lowest BCUT2D eigenvalue weighted by atomic mass is 9.96. The largest absolute Gasteiger partial charge is 0.291 e. The molecule has 1 unspecified atom stereocenters. The summed E-state index contributed by atoms with van der Waals surface area (Å²) in [6.07, 6.45) is 23.1. The second kappa shape index (κ2) is 17.7. The number of rotatable bonds is 17. The lowest BCUT2D eigenvalue weighted by molar-refractivity contribution is 0.431. The SMILES string of the molecule is CCCCCCCCCC(C)CCCCCCCC[C]=O. The third-order valence-electron chi connectivity index (χ3n) is 4.53. The minimum atomic E-state index is 0.634. The molecule has 0 bridgehead atoms. The number of carbonyl (C=O) groups excluding carboxylic acids is 1. The van der Waals surface area contributed by atoms with Gasteiger partial charge in [-0.2, -0.15) is 0 Å². The molecule has 21 heavy (non-hydrogen) atoms. The monoisotopic (exact) mass is 295 g/mol. The van der Waals surface area contributed by atoms with Crippen molar-refractivity contribution in [3.63, 3.8) is 0 Å². The fraction of sp³-hybridized carbons (Fsp3) is 0.950. The van der Waals surface area contributed by atoms with Crippen molar-refractivity contribution in [1.82, 2.24) is 0 Å². The summed E-state index contributed by atoms with van der Waals surface area (Å²) in [4.78, 5) is 10.1. The second-order valence-electron chi connectivity index (χ2n) is 6.82. The van der Waals surface area contributed by atoms with Crippen LogP contribution in [0.4, 0.5) is 0 Å². The number of unbranched alkanes of at least 4 members (excludes halogenated alkanes) is 12. The maximum atomic E-state index is 10.1. The van der Waals surface area contributed by atoms with Crippen LogP contribution in [0, 0.1) is 5.92 Å². The predicted octanol–water partition coefficient (Wildman–Crippen LogP) is 6.99. The van der Waals surface area contributed by atoms with Gasteiger partial charge in [-0.25, -0.2) is 0 Å². The van der Waals surface area contributed by atoms with Gasteiger partial charge in [0, 0.05) is 6.42 Å². The van der Waals surface area contributed by atoms with E-state index in [1.807, 2.05) is 6.29 Å². The smallest absolute Gasteiger partial charge is 0.198 e. The fourth-order valence-electron chi connectivity index (χ4n) is 2.99. The van der Waals surface area contributed by atoms with E-state index in [-0.39, 0.29) is 0 Å². The summed E-state index contributed by atoms with van der Waals surface area (Å²) in [5.41, 5.74) is 0. The Morgan fingerprint density at radius 1 is 0.667 bits per heavy atom. The van der Waals surface area contributed by atoms with Crippen LogP contribution in [-0.4, -0.2) is 6.29 Å². The molecule has 0 N–H and O–H groups in total. The summed E-state index contributed by atoms with van der Waals surface area (Å²) in [5.74, 6) is 0.922. The van der Waals surface area contributed by atoms with E-state index >= 15 is 0 Å². The van der Waals surface area contributed by atoms with Gasteiger partial charge in [0.25, 0.3) is 0 Å². The summed E-state index contributed by atoms with van der Waals surface area (Å²) in [6, 6.07) is 0. The molecule has 0 aliphatic heterocycles. The molecule has 0 aromatic rings. The van der Waals surface area contributed by atoms with Gasteiger partial charge >= 0.3 is 0 Å².